The van der Waals surface area contributed by atoms with Crippen LogP contribution >= 0.6 is 0 Å². The Kier molecular flexibility index (Phi) is 6.81. The van der Waals surface area contributed by atoms with Gasteiger partial charge in [-0.1, -0.05) is 52.0 Å². The third-order valence-corrected chi connectivity index (χ3v) is 4.33. The number of carbonyl (C=O) groups is 1. The number of benzene rings is 2. The molecule has 0 aliphatic carbocycles. The van der Waals surface area contributed by atoms with Crippen molar-refractivity contribution in [1.29, 1.82) is 0 Å². The molecule has 1 amide bonds. The van der Waals surface area contributed by atoms with Gasteiger partial charge >= 0.3 is 0 Å². The summed E-state index contributed by atoms with van der Waals surface area (Å²) in [7, 11) is 1.63. The summed E-state index contributed by atoms with van der Waals surface area (Å²) in [6.45, 7) is 9.38. The predicted molar refractivity (Wildman–Crippen MR) is 108 cm³/mol. The van der Waals surface area contributed by atoms with Crippen molar-refractivity contribution in [3.05, 3.63) is 59.7 Å². The van der Waals surface area contributed by atoms with Crippen LogP contribution in [0.25, 0.3) is 0 Å². The lowest BCUT2D eigenvalue weighted by Gasteiger charge is -2.21. The maximum atomic E-state index is 12.9. The molecule has 140 valence electrons. The maximum Gasteiger partial charge on any atom is 0.246 e. The maximum absolute atomic E-state index is 12.9. The van der Waals surface area contributed by atoms with Crippen molar-refractivity contribution >= 4 is 11.6 Å². The van der Waals surface area contributed by atoms with E-state index in [0.29, 0.717) is 0 Å². The van der Waals surface area contributed by atoms with Crippen LogP contribution < -0.4 is 15.4 Å². The molecule has 2 rings (SSSR count). The Labute approximate surface area is 157 Å². The molecule has 0 aliphatic heterocycles. The van der Waals surface area contributed by atoms with Gasteiger partial charge in [-0.25, -0.2) is 0 Å². The molecule has 0 heterocycles. The summed E-state index contributed by atoms with van der Waals surface area (Å²) in [5.74, 6) is 0.716. The number of hydrogen-bond acceptors (Lipinski definition) is 3. The molecule has 1 atom stereocenters. The zero-order valence-corrected chi connectivity index (χ0v) is 16.4. The second kappa shape index (κ2) is 8.86. The van der Waals surface area contributed by atoms with Gasteiger partial charge < -0.3 is 15.4 Å². The van der Waals surface area contributed by atoms with Gasteiger partial charge in [0.1, 0.15) is 11.8 Å². The quantitative estimate of drug-likeness (QED) is 0.759. The molecule has 0 saturated heterocycles. The Balaban J connectivity index is 2.15. The van der Waals surface area contributed by atoms with Crippen molar-refractivity contribution in [2.75, 3.05) is 19.0 Å². The Morgan fingerprint density at radius 2 is 1.65 bits per heavy atom. The van der Waals surface area contributed by atoms with Crippen LogP contribution in [-0.4, -0.2) is 19.6 Å². The van der Waals surface area contributed by atoms with Crippen LogP contribution in [0.5, 0.6) is 5.75 Å². The van der Waals surface area contributed by atoms with E-state index >= 15 is 0 Å². The van der Waals surface area contributed by atoms with Gasteiger partial charge in [0.2, 0.25) is 5.91 Å². The number of rotatable bonds is 7. The molecule has 0 unspecified atom stereocenters. The van der Waals surface area contributed by atoms with E-state index in [-0.39, 0.29) is 11.3 Å². The Morgan fingerprint density at radius 3 is 2.15 bits per heavy atom. The molecule has 0 radical (unpaired) electrons. The molecule has 0 bridgehead atoms. The van der Waals surface area contributed by atoms with E-state index in [2.05, 4.69) is 50.5 Å². The summed E-state index contributed by atoms with van der Waals surface area (Å²) in [5.41, 5.74) is 3.06. The van der Waals surface area contributed by atoms with E-state index in [9.17, 15) is 4.79 Å². The minimum absolute atomic E-state index is 0.0628. The molecule has 4 nitrogen and oxygen atoms in total. The van der Waals surface area contributed by atoms with Crippen LogP contribution in [0.1, 0.15) is 51.3 Å². The number of amides is 1. The van der Waals surface area contributed by atoms with Gasteiger partial charge in [0.25, 0.3) is 0 Å². The van der Waals surface area contributed by atoms with Gasteiger partial charge in [-0.15, -0.1) is 0 Å². The minimum Gasteiger partial charge on any atom is -0.497 e. The fourth-order valence-corrected chi connectivity index (χ4v) is 2.71. The molecular formula is C22H30N2O2. The first-order valence-electron chi connectivity index (χ1n) is 9.14. The molecule has 26 heavy (non-hydrogen) atoms. The molecule has 0 aliphatic rings. The standard InChI is InChI=1S/C22H30N2O2/c1-6-15-23-20(16-7-13-19(26-5)14-8-16)21(25)24-18-11-9-17(10-12-18)22(2,3)4/h7-14,20,23H,6,15H2,1-5H3,(H,24,25)/t20-/m0/s1. The van der Waals surface area contributed by atoms with Crippen LogP contribution in [0.3, 0.4) is 0 Å². The van der Waals surface area contributed by atoms with E-state index in [4.69, 9.17) is 4.74 Å². The van der Waals surface area contributed by atoms with E-state index < -0.39 is 6.04 Å². The lowest BCUT2D eigenvalue weighted by Crippen LogP contribution is -2.33. The summed E-state index contributed by atoms with van der Waals surface area (Å²) in [4.78, 5) is 12.9. The third kappa shape index (κ3) is 5.33. The predicted octanol–water partition coefficient (Wildman–Crippen LogP) is 4.67. The summed E-state index contributed by atoms with van der Waals surface area (Å²) in [6.07, 6.45) is 0.959. The van der Waals surface area contributed by atoms with Crippen molar-refractivity contribution in [2.24, 2.45) is 0 Å². The molecule has 0 saturated carbocycles. The molecule has 4 heteroatoms. The molecule has 2 N–H and O–H groups in total. The topological polar surface area (TPSA) is 50.4 Å². The van der Waals surface area contributed by atoms with Gasteiger partial charge in [-0.3, -0.25) is 4.79 Å². The highest BCUT2D eigenvalue weighted by atomic mass is 16.5. The SMILES string of the molecule is CCCN[C@H](C(=O)Nc1ccc(C(C)(C)C)cc1)c1ccc(OC)cc1. The first-order chi connectivity index (χ1) is 12.3. The average Bonchev–Trinajstić information content (AvgIpc) is 2.62. The van der Waals surface area contributed by atoms with E-state index in [1.165, 1.54) is 5.56 Å². The molecular weight excluding hydrogens is 324 g/mol. The van der Waals surface area contributed by atoms with E-state index in [1.54, 1.807) is 7.11 Å². The Hall–Kier alpha value is -2.33. The first-order valence-corrected chi connectivity index (χ1v) is 9.14. The monoisotopic (exact) mass is 354 g/mol. The highest BCUT2D eigenvalue weighted by Gasteiger charge is 2.20. The fourth-order valence-electron chi connectivity index (χ4n) is 2.71. The van der Waals surface area contributed by atoms with Crippen molar-refractivity contribution in [3.63, 3.8) is 0 Å². The van der Waals surface area contributed by atoms with Crippen LogP contribution in [0.4, 0.5) is 5.69 Å². The number of nitrogens with one attached hydrogen (secondary N) is 2. The van der Waals surface area contributed by atoms with Crippen LogP contribution in [0, 0.1) is 0 Å². The lowest BCUT2D eigenvalue weighted by atomic mass is 9.87. The number of carbonyl (C=O) groups excluding carboxylic acids is 1. The van der Waals surface area contributed by atoms with Crippen molar-refractivity contribution in [1.82, 2.24) is 5.32 Å². The third-order valence-electron chi connectivity index (χ3n) is 4.33. The minimum atomic E-state index is -0.400. The highest BCUT2D eigenvalue weighted by Crippen LogP contribution is 2.24. The Bertz CT molecular complexity index is 700. The van der Waals surface area contributed by atoms with E-state index in [1.807, 2.05) is 36.4 Å². The lowest BCUT2D eigenvalue weighted by molar-refractivity contribution is -0.118. The fraction of sp³-hybridized carbons (Fsp3) is 0.409. The molecule has 2 aromatic carbocycles. The highest BCUT2D eigenvalue weighted by molar-refractivity contribution is 5.95. The first kappa shape index (κ1) is 20.0. The number of methoxy groups -OCH3 is 1. The molecule has 0 fully saturated rings. The summed E-state index contributed by atoms with van der Waals surface area (Å²) < 4.78 is 5.20. The van der Waals surface area contributed by atoms with Crippen LogP contribution in [0.2, 0.25) is 0 Å². The summed E-state index contributed by atoms with van der Waals surface area (Å²) in [5, 5.41) is 6.35. The summed E-state index contributed by atoms with van der Waals surface area (Å²) in [6, 6.07) is 15.3. The second-order valence-electron chi connectivity index (χ2n) is 7.48. The van der Waals surface area contributed by atoms with Crippen LogP contribution in [-0.2, 0) is 10.2 Å². The van der Waals surface area contributed by atoms with Gasteiger partial charge in [0, 0.05) is 5.69 Å². The van der Waals surface area contributed by atoms with Gasteiger partial charge in [0.15, 0.2) is 0 Å². The zero-order valence-electron chi connectivity index (χ0n) is 16.4. The van der Waals surface area contributed by atoms with Gasteiger partial charge in [0.05, 0.1) is 7.11 Å². The van der Waals surface area contributed by atoms with E-state index in [0.717, 1.165) is 30.0 Å². The number of hydrogen-bond donors (Lipinski definition) is 2. The second-order valence-corrected chi connectivity index (χ2v) is 7.48. The normalized spacial score (nSPS) is 12.5. The van der Waals surface area contributed by atoms with Crippen molar-refractivity contribution < 1.29 is 9.53 Å². The Morgan fingerprint density at radius 1 is 1.04 bits per heavy atom. The summed E-state index contributed by atoms with van der Waals surface area (Å²) >= 11 is 0. The molecule has 0 aromatic heterocycles. The average molecular weight is 354 g/mol. The largest absolute Gasteiger partial charge is 0.497 e. The zero-order chi connectivity index (χ0) is 19.2. The molecule has 0 spiro atoms. The number of anilines is 1. The van der Waals surface area contributed by atoms with Crippen LogP contribution in [0.15, 0.2) is 48.5 Å². The van der Waals surface area contributed by atoms with Crippen molar-refractivity contribution in [2.45, 2.75) is 45.6 Å². The van der Waals surface area contributed by atoms with Gasteiger partial charge in [-0.2, -0.15) is 0 Å². The van der Waals surface area contributed by atoms with Crippen molar-refractivity contribution in [3.8, 4) is 5.75 Å². The smallest absolute Gasteiger partial charge is 0.246 e. The molecule has 2 aromatic rings. The van der Waals surface area contributed by atoms with Gasteiger partial charge in [-0.05, 0) is 53.8 Å². The number of ether oxygens (including phenoxy) is 1.